The first-order chi connectivity index (χ1) is 19.0. The Morgan fingerprint density at radius 3 is 2.73 bits per heavy atom. The summed E-state index contributed by atoms with van der Waals surface area (Å²) >= 11 is 3.49. The number of nitrogens with two attached hydrogens (primary N) is 3. The number of carbonyl (C=O) groups is 4. The number of aliphatic carboxylic acids is 2. The fourth-order valence-electron chi connectivity index (χ4n) is 3.77. The van der Waals surface area contributed by atoms with Crippen LogP contribution in [0.4, 0.5) is 5.13 Å². The van der Waals surface area contributed by atoms with Crippen molar-refractivity contribution >= 4 is 74.6 Å². The van der Waals surface area contributed by atoms with E-state index in [1.165, 1.54) is 33.9 Å². The van der Waals surface area contributed by atoms with Crippen LogP contribution in [0.5, 0.6) is 0 Å². The van der Waals surface area contributed by atoms with Crippen LogP contribution in [0.15, 0.2) is 38.7 Å². The maximum atomic E-state index is 13.2. The number of hydrazine groups is 1. The molecule has 0 aliphatic carbocycles. The van der Waals surface area contributed by atoms with Gasteiger partial charge in [0.25, 0.3) is 11.8 Å². The molecule has 4 heterocycles. The van der Waals surface area contributed by atoms with Crippen molar-refractivity contribution < 1.29 is 34.2 Å². The average Bonchev–Trinajstić information content (AvgIpc) is 3.34. The van der Waals surface area contributed by atoms with Crippen molar-refractivity contribution in [1.29, 1.82) is 0 Å². The number of nitrogens with zero attached hydrogens (tertiary/aromatic N) is 5. The Morgan fingerprint density at radius 1 is 1.35 bits per heavy atom. The first-order valence-corrected chi connectivity index (χ1v) is 14.5. The molecule has 1 unspecified atom stereocenters. The van der Waals surface area contributed by atoms with E-state index < -0.39 is 41.3 Å². The Labute approximate surface area is 239 Å². The molecule has 0 spiro atoms. The number of carboxylic acids is 2. The summed E-state index contributed by atoms with van der Waals surface area (Å²) in [6.45, 7) is 1.92. The van der Waals surface area contributed by atoms with Crippen molar-refractivity contribution in [3.63, 3.8) is 0 Å². The van der Waals surface area contributed by atoms with Gasteiger partial charge in [0.15, 0.2) is 16.0 Å². The van der Waals surface area contributed by atoms with Crippen molar-refractivity contribution in [1.82, 2.24) is 20.2 Å². The van der Waals surface area contributed by atoms with Gasteiger partial charge in [-0.15, -0.1) is 23.1 Å². The summed E-state index contributed by atoms with van der Waals surface area (Å²) in [6, 6.07) is -1.07. The number of nitrogen functional groups attached to an aromatic ring is 1. The number of hydrogen-bond acceptors (Lipinski definition) is 15. The smallest absolute Gasteiger partial charge is 0.352 e. The zero-order valence-electron chi connectivity index (χ0n) is 20.8. The van der Waals surface area contributed by atoms with Crippen LogP contribution in [0.3, 0.4) is 0 Å². The number of fused-ring (bicyclic) bond motifs is 1. The van der Waals surface area contributed by atoms with Gasteiger partial charge in [0.2, 0.25) is 6.10 Å². The van der Waals surface area contributed by atoms with Gasteiger partial charge in [-0.1, -0.05) is 23.8 Å². The molecule has 1 fully saturated rings. The number of aromatic nitrogens is 1. The Bertz CT molecular complexity index is 1360. The van der Waals surface area contributed by atoms with E-state index in [-0.39, 0.29) is 40.2 Å². The summed E-state index contributed by atoms with van der Waals surface area (Å²) in [6.07, 6.45) is 0.402. The lowest BCUT2D eigenvalue weighted by Gasteiger charge is -2.49. The van der Waals surface area contributed by atoms with Crippen molar-refractivity contribution in [3.05, 3.63) is 34.2 Å². The SMILES string of the molecule is CC[C@@H](O/N=C(\C(=O)NC1C(=O)N2C(C(=O)O)=C(CSC3=NC(N)=CCN3N)CS[C@@H]12)c1csc(N)n1)C(=O)O. The van der Waals surface area contributed by atoms with Gasteiger partial charge in [0.05, 0.1) is 6.54 Å². The fourth-order valence-corrected chi connectivity index (χ4v) is 6.75. The van der Waals surface area contributed by atoms with Crippen LogP contribution in [0, 0.1) is 0 Å². The Kier molecular flexibility index (Phi) is 8.86. The standard InChI is InChI=1S/C21H25N9O7S3/c1-2-10(18(33)34)37-28-12(9-7-39-20(23)25-9)15(31)27-13-16(32)30-14(19(35)36)8(5-38-17(13)30)6-40-21-26-11(22)3-4-29(21)24/h3,7,10,13,17H,2,4-6,22,24H2,1H3,(H2,23,25)(H,27,31)(H,33,34)(H,35,36)/b28-12-/t10-,13?,17+/m1/s1. The molecule has 9 N–H and O–H groups in total. The third kappa shape index (κ3) is 6.01. The molecule has 2 amide bonds. The number of thiazole rings is 1. The quantitative estimate of drug-likeness (QED) is 0.0814. The lowest BCUT2D eigenvalue weighted by Crippen LogP contribution is -2.71. The number of amidine groups is 1. The van der Waals surface area contributed by atoms with Crippen LogP contribution in [0.1, 0.15) is 19.0 Å². The van der Waals surface area contributed by atoms with Crippen LogP contribution >= 0.6 is 34.9 Å². The Hall–Kier alpha value is -3.81. The molecule has 0 aromatic carbocycles. The van der Waals surface area contributed by atoms with Gasteiger partial charge in [0.1, 0.15) is 28.6 Å². The third-order valence-corrected chi connectivity index (χ3v) is 8.87. The van der Waals surface area contributed by atoms with Gasteiger partial charge in [-0.2, -0.15) is 0 Å². The van der Waals surface area contributed by atoms with Gasteiger partial charge in [-0.25, -0.2) is 25.4 Å². The third-order valence-electron chi connectivity index (χ3n) is 5.78. The molecule has 1 aromatic heterocycles. The Balaban J connectivity index is 1.50. The zero-order valence-corrected chi connectivity index (χ0v) is 23.3. The summed E-state index contributed by atoms with van der Waals surface area (Å²) in [5.74, 6) is 2.60. The van der Waals surface area contributed by atoms with Crippen LogP contribution in [0.2, 0.25) is 0 Å². The monoisotopic (exact) mass is 611 g/mol. The van der Waals surface area contributed by atoms with Crippen LogP contribution in [0.25, 0.3) is 0 Å². The molecule has 40 heavy (non-hydrogen) atoms. The highest BCUT2D eigenvalue weighted by atomic mass is 32.2. The van der Waals surface area contributed by atoms with Gasteiger partial charge >= 0.3 is 11.9 Å². The second kappa shape index (κ2) is 12.1. The van der Waals surface area contributed by atoms with Gasteiger partial charge < -0.3 is 31.8 Å². The highest BCUT2D eigenvalue weighted by Crippen LogP contribution is 2.41. The van der Waals surface area contributed by atoms with E-state index in [2.05, 4.69) is 20.4 Å². The number of nitrogens with one attached hydrogen (secondary N) is 1. The van der Waals surface area contributed by atoms with E-state index in [1.54, 1.807) is 13.0 Å². The van der Waals surface area contributed by atoms with E-state index in [0.29, 0.717) is 23.1 Å². The lowest BCUT2D eigenvalue weighted by molar-refractivity contribution is -0.151. The summed E-state index contributed by atoms with van der Waals surface area (Å²) < 4.78 is 0. The minimum atomic E-state index is -1.31. The number of aliphatic imine (C=N–C) groups is 1. The van der Waals surface area contributed by atoms with Crippen molar-refractivity contribution in [2.24, 2.45) is 21.7 Å². The van der Waals surface area contributed by atoms with Crippen molar-refractivity contribution in [2.75, 3.05) is 23.8 Å². The molecule has 16 nitrogen and oxygen atoms in total. The molecule has 1 saturated heterocycles. The van der Waals surface area contributed by atoms with Crippen molar-refractivity contribution in [3.8, 4) is 0 Å². The topological polar surface area (TPSA) is 252 Å². The van der Waals surface area contributed by atoms with E-state index >= 15 is 0 Å². The normalized spacial score (nSPS) is 21.6. The maximum Gasteiger partial charge on any atom is 0.352 e. The molecular weight excluding hydrogens is 586 g/mol. The highest BCUT2D eigenvalue weighted by Gasteiger charge is 2.54. The molecule has 214 valence electrons. The molecule has 4 rings (SSSR count). The first kappa shape index (κ1) is 29.2. The number of anilines is 1. The number of oxime groups is 1. The minimum Gasteiger partial charge on any atom is -0.478 e. The molecule has 0 saturated carbocycles. The molecule has 19 heteroatoms. The lowest BCUT2D eigenvalue weighted by atomic mass is 10.0. The van der Waals surface area contributed by atoms with Crippen molar-refractivity contribution in [2.45, 2.75) is 30.9 Å². The van der Waals surface area contributed by atoms with E-state index in [1.807, 2.05) is 0 Å². The van der Waals surface area contributed by atoms with E-state index in [0.717, 1.165) is 16.2 Å². The second-order valence-electron chi connectivity index (χ2n) is 8.43. The van der Waals surface area contributed by atoms with Gasteiger partial charge in [-0.3, -0.25) is 19.5 Å². The highest BCUT2D eigenvalue weighted by molar-refractivity contribution is 8.14. The minimum absolute atomic E-state index is 0.0284. The summed E-state index contributed by atoms with van der Waals surface area (Å²) in [5, 5.41) is 28.1. The summed E-state index contributed by atoms with van der Waals surface area (Å²) in [7, 11) is 0. The molecule has 3 aliphatic rings. The van der Waals surface area contributed by atoms with E-state index in [9.17, 15) is 29.4 Å². The van der Waals surface area contributed by atoms with Gasteiger partial charge in [-0.05, 0) is 18.1 Å². The fraction of sp³-hybridized carbons (Fsp3) is 0.381. The summed E-state index contributed by atoms with van der Waals surface area (Å²) in [4.78, 5) is 64.1. The predicted octanol–water partition coefficient (Wildman–Crippen LogP) is -0.874. The average molecular weight is 612 g/mol. The molecule has 3 aliphatic heterocycles. The second-order valence-corrected chi connectivity index (χ2v) is 11.4. The number of hydrogen-bond donors (Lipinski definition) is 6. The summed E-state index contributed by atoms with van der Waals surface area (Å²) in [5.41, 5.74) is 11.4. The van der Waals surface area contributed by atoms with Crippen LogP contribution in [-0.4, -0.2) is 95.3 Å². The number of amides is 2. The Morgan fingerprint density at radius 2 is 2.10 bits per heavy atom. The molecule has 1 aromatic rings. The van der Waals surface area contributed by atoms with Crippen LogP contribution < -0.4 is 22.6 Å². The molecule has 0 bridgehead atoms. The number of carbonyl (C=O) groups excluding carboxylic acids is 2. The maximum absolute atomic E-state index is 13.2. The first-order valence-electron chi connectivity index (χ1n) is 11.6. The zero-order chi connectivity index (χ0) is 29.1. The predicted molar refractivity (Wildman–Crippen MR) is 149 cm³/mol. The number of carboxylic acid groups (broad SMARTS) is 2. The largest absolute Gasteiger partial charge is 0.478 e. The number of thioether (sulfide) groups is 2. The molecule has 3 atom stereocenters. The molecule has 0 radical (unpaired) electrons. The molecular formula is C21H25N9O7S3. The van der Waals surface area contributed by atoms with Gasteiger partial charge in [0, 0.05) is 16.9 Å². The number of β-lactam (4-membered cyclic amide) rings is 1. The van der Waals surface area contributed by atoms with E-state index in [4.69, 9.17) is 22.1 Å². The number of rotatable bonds is 10. The van der Waals surface area contributed by atoms with Crippen LogP contribution in [-0.2, 0) is 24.0 Å².